The summed E-state index contributed by atoms with van der Waals surface area (Å²) in [6.07, 6.45) is 1.09. The molecule has 0 bridgehead atoms. The summed E-state index contributed by atoms with van der Waals surface area (Å²) in [6.45, 7) is 3.24. The summed E-state index contributed by atoms with van der Waals surface area (Å²) in [5.74, 6) is 0.641. The number of rotatable bonds is 7. The second-order valence-corrected chi connectivity index (χ2v) is 10.6. The smallest absolute Gasteiger partial charge is 0.243 e. The van der Waals surface area contributed by atoms with Gasteiger partial charge in [0.1, 0.15) is 0 Å². The average molecular weight is 453 g/mol. The fourth-order valence-electron chi connectivity index (χ4n) is 3.24. The van der Waals surface area contributed by atoms with Gasteiger partial charge in [-0.3, -0.25) is 4.79 Å². The summed E-state index contributed by atoms with van der Waals surface area (Å²) in [5.41, 5.74) is 1.02. The van der Waals surface area contributed by atoms with E-state index in [9.17, 15) is 13.2 Å². The number of halogens is 1. The molecule has 0 spiro atoms. The third-order valence-electron chi connectivity index (χ3n) is 4.97. The molecular weight excluding hydrogens is 428 g/mol. The van der Waals surface area contributed by atoms with E-state index in [1.54, 1.807) is 36.0 Å². The van der Waals surface area contributed by atoms with Gasteiger partial charge in [-0.2, -0.15) is 4.31 Å². The highest BCUT2D eigenvalue weighted by Crippen LogP contribution is 2.24. The van der Waals surface area contributed by atoms with Gasteiger partial charge in [0, 0.05) is 41.2 Å². The van der Waals surface area contributed by atoms with E-state index >= 15 is 0 Å². The number of nitrogens with one attached hydrogen (secondary N) is 1. The Labute approximate surface area is 181 Å². The molecule has 1 N–H and O–H groups in total. The molecule has 3 rings (SSSR count). The van der Waals surface area contributed by atoms with Crippen molar-refractivity contribution < 1.29 is 13.2 Å². The molecule has 2 aromatic rings. The first kappa shape index (κ1) is 22.2. The maximum atomic E-state index is 12.8. The molecule has 0 saturated carbocycles. The molecule has 0 aromatic heterocycles. The average Bonchev–Trinajstić information content (AvgIpc) is 2.73. The summed E-state index contributed by atoms with van der Waals surface area (Å²) >= 11 is 7.53. The number of piperidine rings is 1. The van der Waals surface area contributed by atoms with Crippen LogP contribution in [0.4, 0.5) is 0 Å². The van der Waals surface area contributed by atoms with Gasteiger partial charge in [0.05, 0.1) is 4.90 Å². The zero-order valence-corrected chi connectivity index (χ0v) is 18.7. The summed E-state index contributed by atoms with van der Waals surface area (Å²) in [7, 11) is -3.49. The molecule has 8 heteroatoms. The SMILES string of the molecule is Cc1ccc(S(=O)(=O)N2CCC(C(=O)NCCSc3ccc(Cl)cc3)CC2)cc1. The number of hydrogen-bond acceptors (Lipinski definition) is 4. The van der Waals surface area contributed by atoms with Crippen molar-refractivity contribution in [1.29, 1.82) is 0 Å². The van der Waals surface area contributed by atoms with Crippen LogP contribution in [0.1, 0.15) is 18.4 Å². The molecule has 29 heavy (non-hydrogen) atoms. The lowest BCUT2D eigenvalue weighted by Crippen LogP contribution is -2.43. The number of carbonyl (C=O) groups is 1. The monoisotopic (exact) mass is 452 g/mol. The van der Waals surface area contributed by atoms with E-state index in [0.717, 1.165) is 16.2 Å². The van der Waals surface area contributed by atoms with Crippen molar-refractivity contribution in [2.75, 3.05) is 25.4 Å². The number of hydrogen-bond donors (Lipinski definition) is 1. The van der Waals surface area contributed by atoms with Gasteiger partial charge in [0.2, 0.25) is 15.9 Å². The summed E-state index contributed by atoms with van der Waals surface area (Å²) < 4.78 is 27.0. The van der Waals surface area contributed by atoms with E-state index in [-0.39, 0.29) is 11.8 Å². The van der Waals surface area contributed by atoms with Crippen molar-refractivity contribution in [2.45, 2.75) is 29.6 Å². The number of sulfonamides is 1. The first-order chi connectivity index (χ1) is 13.9. The molecule has 1 heterocycles. The van der Waals surface area contributed by atoms with Gasteiger partial charge >= 0.3 is 0 Å². The quantitative estimate of drug-likeness (QED) is 0.510. The van der Waals surface area contributed by atoms with E-state index in [4.69, 9.17) is 11.6 Å². The van der Waals surface area contributed by atoms with Gasteiger partial charge in [-0.15, -0.1) is 11.8 Å². The Morgan fingerprint density at radius 2 is 1.72 bits per heavy atom. The van der Waals surface area contributed by atoms with Crippen LogP contribution >= 0.6 is 23.4 Å². The molecule has 0 atom stereocenters. The van der Waals surface area contributed by atoms with Gasteiger partial charge in [-0.1, -0.05) is 29.3 Å². The number of aryl methyl sites for hydroxylation is 1. The molecule has 1 saturated heterocycles. The van der Waals surface area contributed by atoms with E-state index in [1.807, 2.05) is 31.2 Å². The van der Waals surface area contributed by atoms with Gasteiger partial charge in [-0.05, 0) is 56.2 Å². The predicted molar refractivity (Wildman–Crippen MR) is 118 cm³/mol. The van der Waals surface area contributed by atoms with Crippen LogP contribution in [0.25, 0.3) is 0 Å². The Hall–Kier alpha value is -1.54. The number of amides is 1. The lowest BCUT2D eigenvalue weighted by atomic mass is 9.97. The molecule has 156 valence electrons. The van der Waals surface area contributed by atoms with Crippen LogP contribution in [0, 0.1) is 12.8 Å². The first-order valence-corrected chi connectivity index (χ1v) is 12.4. The third kappa shape index (κ3) is 5.98. The molecule has 0 aliphatic carbocycles. The van der Waals surface area contributed by atoms with Crippen molar-refractivity contribution in [1.82, 2.24) is 9.62 Å². The van der Waals surface area contributed by atoms with Crippen LogP contribution in [-0.4, -0.2) is 44.0 Å². The van der Waals surface area contributed by atoms with Crippen LogP contribution in [-0.2, 0) is 14.8 Å². The molecule has 1 aliphatic heterocycles. The lowest BCUT2D eigenvalue weighted by molar-refractivity contribution is -0.125. The predicted octanol–water partition coefficient (Wildman–Crippen LogP) is 3.96. The Morgan fingerprint density at radius 1 is 1.10 bits per heavy atom. The number of benzene rings is 2. The fraction of sp³-hybridized carbons (Fsp3) is 0.381. The largest absolute Gasteiger partial charge is 0.355 e. The van der Waals surface area contributed by atoms with E-state index in [1.165, 1.54) is 4.31 Å². The highest BCUT2D eigenvalue weighted by Gasteiger charge is 2.31. The van der Waals surface area contributed by atoms with Gasteiger partial charge in [-0.25, -0.2) is 8.42 Å². The summed E-state index contributed by atoms with van der Waals surface area (Å²) in [5, 5.41) is 3.68. The Balaban J connectivity index is 1.43. The molecule has 0 unspecified atom stereocenters. The third-order valence-corrected chi connectivity index (χ3v) is 8.15. The number of carbonyl (C=O) groups excluding carboxylic acids is 1. The molecule has 1 aliphatic rings. The van der Waals surface area contributed by atoms with E-state index in [0.29, 0.717) is 42.4 Å². The molecule has 0 radical (unpaired) electrons. The number of nitrogens with zero attached hydrogens (tertiary/aromatic N) is 1. The highest BCUT2D eigenvalue weighted by molar-refractivity contribution is 7.99. The van der Waals surface area contributed by atoms with Crippen LogP contribution in [0.5, 0.6) is 0 Å². The molecular formula is C21H25ClN2O3S2. The zero-order valence-electron chi connectivity index (χ0n) is 16.3. The maximum Gasteiger partial charge on any atom is 0.243 e. The van der Waals surface area contributed by atoms with Gasteiger partial charge < -0.3 is 5.32 Å². The van der Waals surface area contributed by atoms with Crippen LogP contribution in [0.3, 0.4) is 0 Å². The van der Waals surface area contributed by atoms with Crippen LogP contribution < -0.4 is 5.32 Å². The highest BCUT2D eigenvalue weighted by atomic mass is 35.5. The van der Waals surface area contributed by atoms with E-state index < -0.39 is 10.0 Å². The van der Waals surface area contributed by atoms with Crippen molar-refractivity contribution in [2.24, 2.45) is 5.92 Å². The van der Waals surface area contributed by atoms with E-state index in [2.05, 4.69) is 5.32 Å². The topological polar surface area (TPSA) is 66.5 Å². The fourth-order valence-corrected chi connectivity index (χ4v) is 5.60. The van der Waals surface area contributed by atoms with Crippen molar-refractivity contribution in [3.05, 3.63) is 59.1 Å². The molecule has 2 aromatic carbocycles. The first-order valence-electron chi connectivity index (χ1n) is 9.59. The molecule has 1 amide bonds. The second-order valence-electron chi connectivity index (χ2n) is 7.08. The minimum atomic E-state index is -3.49. The van der Waals surface area contributed by atoms with Crippen molar-refractivity contribution in [3.8, 4) is 0 Å². The zero-order chi connectivity index (χ0) is 20.9. The van der Waals surface area contributed by atoms with Crippen LogP contribution in [0.15, 0.2) is 58.3 Å². The van der Waals surface area contributed by atoms with Crippen LogP contribution in [0.2, 0.25) is 5.02 Å². The Morgan fingerprint density at radius 3 is 2.34 bits per heavy atom. The Kier molecular flexibility index (Phi) is 7.62. The Bertz CT molecular complexity index is 923. The van der Waals surface area contributed by atoms with Crippen molar-refractivity contribution in [3.63, 3.8) is 0 Å². The number of thioether (sulfide) groups is 1. The normalized spacial score (nSPS) is 15.9. The lowest BCUT2D eigenvalue weighted by Gasteiger charge is -2.30. The summed E-state index contributed by atoms with van der Waals surface area (Å²) in [6, 6.07) is 14.5. The minimum absolute atomic E-state index is 0.00842. The summed E-state index contributed by atoms with van der Waals surface area (Å²) in [4.78, 5) is 13.8. The van der Waals surface area contributed by atoms with Gasteiger partial charge in [0.15, 0.2) is 0 Å². The minimum Gasteiger partial charge on any atom is -0.355 e. The van der Waals surface area contributed by atoms with Gasteiger partial charge in [0.25, 0.3) is 0 Å². The maximum absolute atomic E-state index is 12.8. The molecule has 1 fully saturated rings. The van der Waals surface area contributed by atoms with Crippen molar-refractivity contribution >= 4 is 39.3 Å². The second kappa shape index (κ2) is 9.98. The molecule has 5 nitrogen and oxygen atoms in total. The standard InChI is InChI=1S/C21H25ClN2O3S2/c1-16-2-8-20(9-3-16)29(26,27)24-13-10-17(11-14-24)21(25)23-12-15-28-19-6-4-18(22)5-7-19/h2-9,17H,10-15H2,1H3,(H,23,25).